The van der Waals surface area contributed by atoms with E-state index in [0.29, 0.717) is 46.4 Å². The van der Waals surface area contributed by atoms with Gasteiger partial charge in [-0.15, -0.1) is 10.2 Å². The zero-order chi connectivity index (χ0) is 24.9. The van der Waals surface area contributed by atoms with Crippen molar-refractivity contribution in [2.75, 3.05) is 20.2 Å². The number of nitrogens with zero attached hydrogens (tertiary/aromatic N) is 4. The number of benzene rings is 1. The van der Waals surface area contributed by atoms with Crippen LogP contribution in [0.1, 0.15) is 30.4 Å². The fourth-order valence-electron chi connectivity index (χ4n) is 4.12. The lowest BCUT2D eigenvalue weighted by Gasteiger charge is -2.32. The molecule has 1 saturated heterocycles. The number of carbonyl (C=O) groups is 1. The number of rotatable bonds is 7. The average Bonchev–Trinajstić information content (AvgIpc) is 2.83. The maximum absolute atomic E-state index is 11.6. The van der Waals surface area contributed by atoms with Crippen LogP contribution in [0.15, 0.2) is 36.4 Å². The number of aromatic nitrogens is 3. The molecule has 3 heterocycles. The molecule has 0 radical (unpaired) electrons. The van der Waals surface area contributed by atoms with Crippen molar-refractivity contribution in [3.63, 3.8) is 0 Å². The highest BCUT2D eigenvalue weighted by atomic mass is 35.5. The van der Waals surface area contributed by atoms with E-state index in [2.05, 4.69) is 15.1 Å². The Balaban J connectivity index is 1.61. The summed E-state index contributed by atoms with van der Waals surface area (Å²) in [7, 11) is 1.43. The van der Waals surface area contributed by atoms with Gasteiger partial charge in [0.2, 0.25) is 11.8 Å². The van der Waals surface area contributed by atoms with E-state index in [4.69, 9.17) is 49.3 Å². The Morgan fingerprint density at radius 1 is 1.06 bits per heavy atom. The first-order valence-corrected chi connectivity index (χ1v) is 12.4. The molecule has 7 nitrogen and oxygen atoms in total. The minimum atomic E-state index is -0.148. The van der Waals surface area contributed by atoms with Gasteiger partial charge in [-0.1, -0.05) is 34.8 Å². The van der Waals surface area contributed by atoms with E-state index in [1.165, 1.54) is 7.11 Å². The van der Waals surface area contributed by atoms with Gasteiger partial charge in [-0.3, -0.25) is 9.69 Å². The SMILES string of the molecule is COC(=O)CC1CCN(Cc2cc(-c3cc(Cl)cc(Cl)c3)nc(Oc3ccc(Cl)nn3)c2C)CC1. The minimum absolute atomic E-state index is 0.148. The Labute approximate surface area is 219 Å². The van der Waals surface area contributed by atoms with E-state index in [1.807, 2.05) is 25.1 Å². The van der Waals surface area contributed by atoms with Gasteiger partial charge in [-0.25, -0.2) is 4.98 Å². The highest BCUT2D eigenvalue weighted by Gasteiger charge is 2.23. The summed E-state index contributed by atoms with van der Waals surface area (Å²) in [5.74, 6) is 0.917. The van der Waals surface area contributed by atoms with E-state index < -0.39 is 0 Å². The van der Waals surface area contributed by atoms with Gasteiger partial charge in [0.25, 0.3) is 0 Å². The molecule has 1 aliphatic rings. The topological polar surface area (TPSA) is 77.4 Å². The Morgan fingerprint density at radius 3 is 2.40 bits per heavy atom. The molecular formula is C25H25Cl3N4O3. The quantitative estimate of drug-likeness (QED) is 0.325. The predicted octanol–water partition coefficient (Wildman–Crippen LogP) is 6.37. The smallest absolute Gasteiger partial charge is 0.305 e. The van der Waals surface area contributed by atoms with Gasteiger partial charge in [0, 0.05) is 40.2 Å². The number of hydrogen-bond acceptors (Lipinski definition) is 7. The van der Waals surface area contributed by atoms with Gasteiger partial charge >= 0.3 is 5.97 Å². The molecule has 4 rings (SSSR count). The molecule has 0 amide bonds. The summed E-state index contributed by atoms with van der Waals surface area (Å²) in [5, 5.41) is 9.16. The van der Waals surface area contributed by atoms with E-state index in [9.17, 15) is 4.79 Å². The van der Waals surface area contributed by atoms with Crippen LogP contribution < -0.4 is 4.74 Å². The van der Waals surface area contributed by atoms with Crippen molar-refractivity contribution in [1.82, 2.24) is 20.1 Å². The third-order valence-corrected chi connectivity index (χ3v) is 6.72. The fourth-order valence-corrected chi connectivity index (χ4v) is 4.74. The van der Waals surface area contributed by atoms with Crippen LogP contribution in [0.4, 0.5) is 0 Å². The second-order valence-electron chi connectivity index (χ2n) is 8.55. The second-order valence-corrected chi connectivity index (χ2v) is 9.81. The molecule has 0 bridgehead atoms. The van der Waals surface area contributed by atoms with Crippen molar-refractivity contribution in [3.8, 4) is 23.0 Å². The summed E-state index contributed by atoms with van der Waals surface area (Å²) in [6.07, 6.45) is 2.36. The zero-order valence-corrected chi connectivity index (χ0v) is 21.7. The maximum atomic E-state index is 11.6. The van der Waals surface area contributed by atoms with Gasteiger partial charge in [0.15, 0.2) is 5.15 Å². The largest absolute Gasteiger partial charge is 0.469 e. The monoisotopic (exact) mass is 534 g/mol. The molecule has 0 spiro atoms. The molecule has 0 saturated carbocycles. The van der Waals surface area contributed by atoms with E-state index in [-0.39, 0.29) is 11.1 Å². The molecule has 1 aliphatic heterocycles. The maximum Gasteiger partial charge on any atom is 0.305 e. The molecule has 1 aromatic carbocycles. The minimum Gasteiger partial charge on any atom is -0.469 e. The number of esters is 1. The van der Waals surface area contributed by atoms with Crippen LogP contribution >= 0.6 is 34.8 Å². The molecule has 184 valence electrons. The summed E-state index contributed by atoms with van der Waals surface area (Å²) in [6, 6.07) is 10.6. The van der Waals surface area contributed by atoms with Gasteiger partial charge < -0.3 is 9.47 Å². The van der Waals surface area contributed by atoms with Crippen molar-refractivity contribution in [3.05, 3.63) is 62.7 Å². The number of piperidine rings is 1. The fraction of sp³-hybridized carbons (Fsp3) is 0.360. The number of ether oxygens (including phenoxy) is 2. The average molecular weight is 536 g/mol. The molecule has 0 aliphatic carbocycles. The highest BCUT2D eigenvalue weighted by molar-refractivity contribution is 6.35. The Kier molecular flexibility index (Phi) is 8.44. The third kappa shape index (κ3) is 6.82. The van der Waals surface area contributed by atoms with Crippen LogP contribution in [0.25, 0.3) is 11.3 Å². The first-order chi connectivity index (χ1) is 16.8. The molecule has 2 aromatic heterocycles. The summed E-state index contributed by atoms with van der Waals surface area (Å²) in [5.41, 5.74) is 3.44. The van der Waals surface area contributed by atoms with Gasteiger partial charge in [-0.05, 0) is 74.7 Å². The van der Waals surface area contributed by atoms with E-state index in [0.717, 1.165) is 42.6 Å². The lowest BCUT2D eigenvalue weighted by molar-refractivity contribution is -0.142. The van der Waals surface area contributed by atoms with Crippen LogP contribution in [-0.4, -0.2) is 46.2 Å². The number of methoxy groups -OCH3 is 1. The lowest BCUT2D eigenvalue weighted by Crippen LogP contribution is -2.34. The molecule has 0 N–H and O–H groups in total. The first-order valence-electron chi connectivity index (χ1n) is 11.2. The number of hydrogen-bond donors (Lipinski definition) is 0. The van der Waals surface area contributed by atoms with Crippen molar-refractivity contribution in [1.29, 1.82) is 0 Å². The summed E-state index contributed by atoms with van der Waals surface area (Å²) in [6.45, 7) is 4.46. The standard InChI is InChI=1S/C25H25Cl3N4O3/c1-15-18(14-32-7-5-16(6-8-32)9-24(33)34-2)12-21(17-10-19(26)13-20(27)11-17)29-25(15)35-23-4-3-22(28)30-31-23/h3-4,10-13,16H,5-9,14H2,1-2H3. The third-order valence-electron chi connectivity index (χ3n) is 6.09. The molecular weight excluding hydrogens is 511 g/mol. The molecule has 10 heteroatoms. The van der Waals surface area contributed by atoms with Crippen molar-refractivity contribution in [2.24, 2.45) is 5.92 Å². The van der Waals surface area contributed by atoms with Crippen LogP contribution in [0.2, 0.25) is 15.2 Å². The molecule has 35 heavy (non-hydrogen) atoms. The van der Waals surface area contributed by atoms with Crippen molar-refractivity contribution in [2.45, 2.75) is 32.7 Å². The number of likely N-dealkylation sites (tertiary alicyclic amines) is 1. The van der Waals surface area contributed by atoms with Crippen LogP contribution in [-0.2, 0) is 16.1 Å². The number of halogens is 3. The summed E-state index contributed by atoms with van der Waals surface area (Å²) >= 11 is 18.4. The van der Waals surface area contributed by atoms with E-state index in [1.54, 1.807) is 18.2 Å². The molecule has 0 atom stereocenters. The van der Waals surface area contributed by atoms with Crippen molar-refractivity contribution < 1.29 is 14.3 Å². The summed E-state index contributed by atoms with van der Waals surface area (Å²) in [4.78, 5) is 18.7. The predicted molar refractivity (Wildman–Crippen MR) is 136 cm³/mol. The highest BCUT2D eigenvalue weighted by Crippen LogP contribution is 2.33. The second kappa shape index (κ2) is 11.5. The Bertz CT molecular complexity index is 1180. The first kappa shape index (κ1) is 25.6. The van der Waals surface area contributed by atoms with Crippen LogP contribution in [0, 0.1) is 12.8 Å². The van der Waals surface area contributed by atoms with Gasteiger partial charge in [-0.2, -0.15) is 0 Å². The zero-order valence-electron chi connectivity index (χ0n) is 19.4. The molecule has 1 fully saturated rings. The van der Waals surface area contributed by atoms with Gasteiger partial charge in [0.1, 0.15) is 0 Å². The van der Waals surface area contributed by atoms with Crippen molar-refractivity contribution >= 4 is 40.8 Å². The molecule has 3 aromatic rings. The van der Waals surface area contributed by atoms with Crippen LogP contribution in [0.3, 0.4) is 0 Å². The van der Waals surface area contributed by atoms with Crippen LogP contribution in [0.5, 0.6) is 11.8 Å². The lowest BCUT2D eigenvalue weighted by atomic mass is 9.93. The van der Waals surface area contributed by atoms with E-state index >= 15 is 0 Å². The summed E-state index contributed by atoms with van der Waals surface area (Å²) < 4.78 is 10.8. The number of pyridine rings is 1. The Hall–Kier alpha value is -2.45. The normalized spacial score (nSPS) is 14.7. The number of carbonyl (C=O) groups excluding carboxylic acids is 1. The Morgan fingerprint density at radius 2 is 1.77 bits per heavy atom. The van der Waals surface area contributed by atoms with Gasteiger partial charge in [0.05, 0.1) is 12.8 Å². The molecule has 0 unspecified atom stereocenters.